The molecule has 0 aromatic carbocycles. The minimum absolute atomic E-state index is 0.645. The molecule has 2 nitrogen and oxygen atoms in total. The number of rotatable bonds is 5. The van der Waals surface area contributed by atoms with Crippen molar-refractivity contribution in [3.05, 3.63) is 23.5 Å². The zero-order chi connectivity index (χ0) is 11.3. The first-order chi connectivity index (χ1) is 7.19. The minimum atomic E-state index is 0.645. The van der Waals surface area contributed by atoms with Crippen molar-refractivity contribution in [2.24, 2.45) is 5.92 Å². The highest BCUT2D eigenvalue weighted by atomic mass is 15.0. The summed E-state index contributed by atoms with van der Waals surface area (Å²) < 4.78 is 2.17. The first-order valence-electron chi connectivity index (χ1n) is 5.77. The number of nitrogens with zero attached hydrogens (tertiary/aromatic N) is 2. The van der Waals surface area contributed by atoms with Crippen LogP contribution < -0.4 is 0 Å². The van der Waals surface area contributed by atoms with Crippen molar-refractivity contribution >= 4 is 0 Å². The van der Waals surface area contributed by atoms with Crippen LogP contribution in [-0.2, 0) is 13.0 Å². The van der Waals surface area contributed by atoms with Gasteiger partial charge in [0.2, 0.25) is 0 Å². The fourth-order valence-corrected chi connectivity index (χ4v) is 1.78. The second kappa shape index (κ2) is 5.60. The lowest BCUT2D eigenvalue weighted by atomic mass is 10.1. The molecule has 2 heteroatoms. The predicted octanol–water partition coefficient (Wildman–Crippen LogP) is 3.36. The fourth-order valence-electron chi connectivity index (χ4n) is 1.78. The highest BCUT2D eigenvalue weighted by molar-refractivity contribution is 5.27. The van der Waals surface area contributed by atoms with Gasteiger partial charge in [-0.05, 0) is 30.9 Å². The van der Waals surface area contributed by atoms with Crippen LogP contribution in [0.2, 0.25) is 0 Å². The van der Waals surface area contributed by atoms with Gasteiger partial charge in [0.15, 0.2) is 0 Å². The molecule has 1 rings (SSSR count). The van der Waals surface area contributed by atoms with Gasteiger partial charge in [-0.3, -0.25) is 0 Å². The maximum atomic E-state index is 8.99. The van der Waals surface area contributed by atoms with Crippen molar-refractivity contribution in [2.45, 2.75) is 46.6 Å². The smallest absolute Gasteiger partial charge is 0.120 e. The summed E-state index contributed by atoms with van der Waals surface area (Å²) in [6.07, 6.45) is 3.38. The van der Waals surface area contributed by atoms with Crippen molar-refractivity contribution in [1.29, 1.82) is 5.26 Å². The summed E-state index contributed by atoms with van der Waals surface area (Å²) in [6, 6.07) is 6.29. The van der Waals surface area contributed by atoms with E-state index in [1.165, 1.54) is 12.1 Å². The Balaban J connectivity index is 2.86. The van der Waals surface area contributed by atoms with E-state index in [1.807, 2.05) is 6.07 Å². The summed E-state index contributed by atoms with van der Waals surface area (Å²) >= 11 is 0. The maximum absolute atomic E-state index is 8.99. The second-order valence-electron chi connectivity index (χ2n) is 4.42. The lowest BCUT2D eigenvalue weighted by molar-refractivity contribution is 0.562. The zero-order valence-corrected chi connectivity index (χ0v) is 9.95. The van der Waals surface area contributed by atoms with Crippen molar-refractivity contribution in [1.82, 2.24) is 4.57 Å². The summed E-state index contributed by atoms with van der Waals surface area (Å²) in [7, 11) is 0. The summed E-state index contributed by atoms with van der Waals surface area (Å²) in [6.45, 7) is 7.58. The highest BCUT2D eigenvalue weighted by Crippen LogP contribution is 2.14. The number of aromatic nitrogens is 1. The Morgan fingerprint density at radius 3 is 2.67 bits per heavy atom. The van der Waals surface area contributed by atoms with E-state index in [-0.39, 0.29) is 0 Å². The molecule has 1 aromatic heterocycles. The quantitative estimate of drug-likeness (QED) is 0.723. The summed E-state index contributed by atoms with van der Waals surface area (Å²) in [5.74, 6) is 0.645. The number of hydrogen-bond donors (Lipinski definition) is 0. The van der Waals surface area contributed by atoms with E-state index >= 15 is 0 Å². The SMILES string of the molecule is CCCCn1c(C#N)ccc1CC(C)C. The van der Waals surface area contributed by atoms with Gasteiger partial charge in [-0.1, -0.05) is 27.2 Å². The van der Waals surface area contributed by atoms with Gasteiger partial charge in [-0.15, -0.1) is 0 Å². The summed E-state index contributed by atoms with van der Waals surface area (Å²) in [4.78, 5) is 0. The number of nitriles is 1. The van der Waals surface area contributed by atoms with Gasteiger partial charge in [0, 0.05) is 12.2 Å². The largest absolute Gasteiger partial charge is 0.337 e. The van der Waals surface area contributed by atoms with E-state index in [4.69, 9.17) is 5.26 Å². The highest BCUT2D eigenvalue weighted by Gasteiger charge is 2.08. The standard InChI is InChI=1S/C13H20N2/c1-4-5-8-15-12(9-11(2)3)6-7-13(15)10-14/h6-7,11H,4-5,8-9H2,1-3H3. The fraction of sp³-hybridized carbons (Fsp3) is 0.615. The second-order valence-corrected chi connectivity index (χ2v) is 4.42. The molecule has 0 aliphatic carbocycles. The van der Waals surface area contributed by atoms with Crippen molar-refractivity contribution in [3.63, 3.8) is 0 Å². The molecule has 0 unspecified atom stereocenters. The first kappa shape index (κ1) is 11.8. The predicted molar refractivity (Wildman–Crippen MR) is 62.6 cm³/mol. The Morgan fingerprint density at radius 2 is 2.13 bits per heavy atom. The molecular formula is C13H20N2. The Hall–Kier alpha value is -1.23. The van der Waals surface area contributed by atoms with E-state index in [2.05, 4.69) is 37.5 Å². The lowest BCUT2D eigenvalue weighted by Crippen LogP contribution is -2.07. The van der Waals surface area contributed by atoms with E-state index in [0.29, 0.717) is 5.92 Å². The minimum Gasteiger partial charge on any atom is -0.337 e. The number of hydrogen-bond acceptors (Lipinski definition) is 1. The van der Waals surface area contributed by atoms with Crippen LogP contribution in [0.3, 0.4) is 0 Å². The molecule has 1 aromatic rings. The van der Waals surface area contributed by atoms with Gasteiger partial charge in [-0.2, -0.15) is 5.26 Å². The summed E-state index contributed by atoms with van der Waals surface area (Å²) in [5.41, 5.74) is 2.11. The van der Waals surface area contributed by atoms with Gasteiger partial charge in [0.25, 0.3) is 0 Å². The number of unbranched alkanes of at least 4 members (excludes halogenated alkanes) is 1. The van der Waals surface area contributed by atoms with Gasteiger partial charge in [0.05, 0.1) is 0 Å². The van der Waals surface area contributed by atoms with Crippen LogP contribution in [0.5, 0.6) is 0 Å². The van der Waals surface area contributed by atoms with Crippen LogP contribution in [0.4, 0.5) is 0 Å². The molecule has 1 heterocycles. The van der Waals surface area contributed by atoms with Gasteiger partial charge in [0.1, 0.15) is 11.8 Å². The normalized spacial score (nSPS) is 10.6. The van der Waals surface area contributed by atoms with Gasteiger partial charge >= 0.3 is 0 Å². The average Bonchev–Trinajstić information content (AvgIpc) is 2.56. The third-order valence-electron chi connectivity index (χ3n) is 2.54. The van der Waals surface area contributed by atoms with Crippen LogP contribution in [0.25, 0.3) is 0 Å². The Bertz CT molecular complexity index is 342. The Kier molecular flexibility index (Phi) is 4.42. The molecule has 0 amide bonds. The molecule has 0 bridgehead atoms. The summed E-state index contributed by atoms with van der Waals surface area (Å²) in [5, 5.41) is 8.99. The monoisotopic (exact) mass is 204 g/mol. The molecule has 0 saturated carbocycles. The first-order valence-corrected chi connectivity index (χ1v) is 5.77. The van der Waals surface area contributed by atoms with E-state index in [9.17, 15) is 0 Å². The third kappa shape index (κ3) is 3.13. The van der Waals surface area contributed by atoms with Gasteiger partial charge < -0.3 is 4.57 Å². The zero-order valence-electron chi connectivity index (χ0n) is 9.95. The molecule has 0 aliphatic rings. The Morgan fingerprint density at radius 1 is 1.40 bits per heavy atom. The van der Waals surface area contributed by atoms with Crippen LogP contribution in [0.15, 0.2) is 12.1 Å². The molecule has 82 valence electrons. The van der Waals surface area contributed by atoms with Crippen LogP contribution in [0.1, 0.15) is 45.0 Å². The van der Waals surface area contributed by atoms with Crippen LogP contribution >= 0.6 is 0 Å². The van der Waals surface area contributed by atoms with Crippen molar-refractivity contribution in [3.8, 4) is 6.07 Å². The molecule has 0 fully saturated rings. The third-order valence-corrected chi connectivity index (χ3v) is 2.54. The maximum Gasteiger partial charge on any atom is 0.120 e. The van der Waals surface area contributed by atoms with E-state index in [1.54, 1.807) is 0 Å². The Labute approximate surface area is 92.5 Å². The molecule has 0 atom stereocenters. The molecule has 15 heavy (non-hydrogen) atoms. The molecular weight excluding hydrogens is 184 g/mol. The van der Waals surface area contributed by atoms with E-state index < -0.39 is 0 Å². The molecule has 0 saturated heterocycles. The van der Waals surface area contributed by atoms with Crippen LogP contribution in [0, 0.1) is 17.2 Å². The molecule has 0 aliphatic heterocycles. The topological polar surface area (TPSA) is 28.7 Å². The van der Waals surface area contributed by atoms with E-state index in [0.717, 1.165) is 25.1 Å². The molecule has 0 spiro atoms. The molecule has 0 N–H and O–H groups in total. The lowest BCUT2D eigenvalue weighted by Gasteiger charge is -2.11. The molecule has 0 radical (unpaired) electrons. The van der Waals surface area contributed by atoms with Crippen molar-refractivity contribution < 1.29 is 0 Å². The van der Waals surface area contributed by atoms with Gasteiger partial charge in [-0.25, -0.2) is 0 Å². The average molecular weight is 204 g/mol. The van der Waals surface area contributed by atoms with Crippen LogP contribution in [-0.4, -0.2) is 4.57 Å². The van der Waals surface area contributed by atoms with Crippen molar-refractivity contribution in [2.75, 3.05) is 0 Å².